The van der Waals surface area contributed by atoms with Crippen LogP contribution in [0.25, 0.3) is 22.3 Å². The van der Waals surface area contributed by atoms with Gasteiger partial charge in [0.25, 0.3) is 0 Å². The van der Waals surface area contributed by atoms with Crippen molar-refractivity contribution in [3.05, 3.63) is 130 Å². The number of pyridine rings is 1. The fourth-order valence-corrected chi connectivity index (χ4v) is 7.19. The highest BCUT2D eigenvalue weighted by Crippen LogP contribution is 2.56. The molecule has 0 bridgehead atoms. The molecule has 4 aliphatic rings. The molecule has 2 aliphatic heterocycles. The number of anilines is 3. The topological polar surface area (TPSA) is 16.1 Å². The molecular formula is C33H22N2. The largest absolute Gasteiger partial charge is 0.308 e. The fourth-order valence-electron chi connectivity index (χ4n) is 7.19. The van der Waals surface area contributed by atoms with Crippen LogP contribution >= 0.6 is 0 Å². The highest BCUT2D eigenvalue weighted by Gasteiger charge is 2.36. The van der Waals surface area contributed by atoms with Gasteiger partial charge in [0, 0.05) is 19.0 Å². The van der Waals surface area contributed by atoms with Gasteiger partial charge in [-0.1, -0.05) is 60.7 Å². The normalized spacial score (nSPS) is 14.9. The highest BCUT2D eigenvalue weighted by molar-refractivity contribution is 6.00. The zero-order valence-electron chi connectivity index (χ0n) is 19.3. The lowest BCUT2D eigenvalue weighted by Gasteiger charge is -2.39. The van der Waals surface area contributed by atoms with E-state index >= 15 is 0 Å². The Hall–Kier alpha value is -4.17. The molecular weight excluding hydrogens is 424 g/mol. The van der Waals surface area contributed by atoms with E-state index in [1.807, 2.05) is 6.20 Å². The SMILES string of the molecule is c1ccc2c(c1)Cc1ccc3c(c1-2)-c1c(ccc2c1Cc1cccc4c1N2c1cnccc1C4)C3. The summed E-state index contributed by atoms with van der Waals surface area (Å²) in [6.45, 7) is 0. The predicted molar refractivity (Wildman–Crippen MR) is 141 cm³/mol. The third-order valence-corrected chi connectivity index (χ3v) is 8.60. The van der Waals surface area contributed by atoms with Crippen LogP contribution in [0, 0.1) is 0 Å². The summed E-state index contributed by atoms with van der Waals surface area (Å²) >= 11 is 0. The minimum Gasteiger partial charge on any atom is -0.308 e. The van der Waals surface area contributed by atoms with Gasteiger partial charge in [-0.3, -0.25) is 4.98 Å². The molecule has 2 heteroatoms. The van der Waals surface area contributed by atoms with Gasteiger partial charge in [0.05, 0.1) is 23.3 Å². The van der Waals surface area contributed by atoms with E-state index in [9.17, 15) is 0 Å². The maximum absolute atomic E-state index is 4.53. The summed E-state index contributed by atoms with van der Waals surface area (Å²) in [5, 5.41) is 0. The van der Waals surface area contributed by atoms with Crippen molar-refractivity contribution in [2.45, 2.75) is 25.7 Å². The van der Waals surface area contributed by atoms with E-state index in [-0.39, 0.29) is 0 Å². The van der Waals surface area contributed by atoms with Crippen LogP contribution in [0.4, 0.5) is 17.1 Å². The molecule has 5 aromatic rings. The first kappa shape index (κ1) is 18.2. The number of hydrogen-bond acceptors (Lipinski definition) is 2. The molecule has 0 saturated heterocycles. The Morgan fingerprint density at radius 3 is 2.17 bits per heavy atom. The van der Waals surface area contributed by atoms with Crippen LogP contribution in [0.2, 0.25) is 0 Å². The van der Waals surface area contributed by atoms with Crippen molar-refractivity contribution < 1.29 is 0 Å². The second-order valence-electron chi connectivity index (χ2n) is 10.4. The quantitative estimate of drug-likeness (QED) is 0.240. The molecule has 0 spiro atoms. The molecule has 0 fully saturated rings. The molecule has 2 aliphatic carbocycles. The second kappa shape index (κ2) is 6.28. The van der Waals surface area contributed by atoms with Crippen molar-refractivity contribution >= 4 is 17.1 Å². The highest BCUT2D eigenvalue weighted by atomic mass is 15.2. The van der Waals surface area contributed by atoms with E-state index in [1.165, 1.54) is 83.8 Å². The maximum Gasteiger partial charge on any atom is 0.0680 e. The molecule has 1 aromatic heterocycles. The average molecular weight is 447 g/mol. The van der Waals surface area contributed by atoms with E-state index in [0.717, 1.165) is 25.7 Å². The third kappa shape index (κ3) is 2.23. The summed E-state index contributed by atoms with van der Waals surface area (Å²) in [4.78, 5) is 7.04. The molecule has 164 valence electrons. The molecule has 0 saturated carbocycles. The Bertz CT molecular complexity index is 1760. The average Bonchev–Trinajstić information content (AvgIpc) is 3.46. The summed E-state index contributed by atoms with van der Waals surface area (Å²) < 4.78 is 0. The minimum atomic E-state index is 0.977. The van der Waals surface area contributed by atoms with Gasteiger partial charge < -0.3 is 4.90 Å². The van der Waals surface area contributed by atoms with Crippen LogP contribution in [0.3, 0.4) is 0 Å². The monoisotopic (exact) mass is 446 g/mol. The van der Waals surface area contributed by atoms with Crippen LogP contribution in [0.5, 0.6) is 0 Å². The van der Waals surface area contributed by atoms with Gasteiger partial charge in [-0.15, -0.1) is 0 Å². The second-order valence-corrected chi connectivity index (χ2v) is 10.4. The van der Waals surface area contributed by atoms with Gasteiger partial charge in [0.15, 0.2) is 0 Å². The summed E-state index contributed by atoms with van der Waals surface area (Å²) in [6, 6.07) is 27.6. The Morgan fingerprint density at radius 2 is 1.23 bits per heavy atom. The summed E-state index contributed by atoms with van der Waals surface area (Å²) in [5.74, 6) is 0. The standard InChI is InChI=1S/C33H22N2/c1-2-7-26-19(4-1)14-21-8-9-23-16-22-10-11-28-27(31(22)32(23)30(21)26)17-25-6-3-5-24-15-20-12-13-34-18-29(20)35(28)33(24)25/h1-13,18H,14-17H2. The predicted octanol–water partition coefficient (Wildman–Crippen LogP) is 7.50. The first-order valence-corrected chi connectivity index (χ1v) is 12.6. The van der Waals surface area contributed by atoms with Crippen LogP contribution in [0.1, 0.15) is 44.5 Å². The van der Waals surface area contributed by atoms with Crippen molar-refractivity contribution in [1.29, 1.82) is 0 Å². The smallest absolute Gasteiger partial charge is 0.0680 e. The van der Waals surface area contributed by atoms with Gasteiger partial charge in [0.1, 0.15) is 0 Å². The molecule has 0 atom stereocenters. The van der Waals surface area contributed by atoms with Crippen LogP contribution < -0.4 is 4.90 Å². The number of rotatable bonds is 0. The first-order chi connectivity index (χ1) is 17.3. The van der Waals surface area contributed by atoms with Crippen LogP contribution in [-0.4, -0.2) is 4.98 Å². The van der Waals surface area contributed by atoms with Crippen LogP contribution in [0.15, 0.2) is 85.2 Å². The number of para-hydroxylation sites is 1. The fraction of sp³-hybridized carbons (Fsp3) is 0.121. The van der Waals surface area contributed by atoms with Gasteiger partial charge in [-0.25, -0.2) is 0 Å². The van der Waals surface area contributed by atoms with Gasteiger partial charge in [-0.05, 0) is 91.7 Å². The van der Waals surface area contributed by atoms with Crippen molar-refractivity contribution in [3.63, 3.8) is 0 Å². The molecule has 0 radical (unpaired) electrons. The Balaban J connectivity index is 1.36. The Morgan fingerprint density at radius 1 is 0.514 bits per heavy atom. The maximum atomic E-state index is 4.53. The zero-order valence-corrected chi connectivity index (χ0v) is 19.3. The van der Waals surface area contributed by atoms with E-state index in [4.69, 9.17) is 0 Å². The van der Waals surface area contributed by atoms with Crippen molar-refractivity contribution in [3.8, 4) is 22.3 Å². The lowest BCUT2D eigenvalue weighted by Crippen LogP contribution is -2.25. The van der Waals surface area contributed by atoms with Gasteiger partial charge in [-0.2, -0.15) is 0 Å². The number of aromatic nitrogens is 1. The van der Waals surface area contributed by atoms with Crippen molar-refractivity contribution in [2.24, 2.45) is 0 Å². The molecule has 4 aromatic carbocycles. The van der Waals surface area contributed by atoms with E-state index in [0.29, 0.717) is 0 Å². The molecule has 3 heterocycles. The summed E-state index contributed by atoms with van der Waals surface area (Å²) in [6.07, 6.45) is 8.01. The zero-order chi connectivity index (χ0) is 22.7. The van der Waals surface area contributed by atoms with Gasteiger partial charge in [0.2, 0.25) is 0 Å². The van der Waals surface area contributed by atoms with E-state index in [1.54, 1.807) is 0 Å². The number of benzene rings is 4. The minimum absolute atomic E-state index is 0.977. The number of fused-ring (bicyclic) bond motifs is 12. The van der Waals surface area contributed by atoms with Crippen molar-refractivity contribution in [1.82, 2.24) is 4.98 Å². The molecule has 35 heavy (non-hydrogen) atoms. The molecule has 0 amide bonds. The molecule has 0 unspecified atom stereocenters. The Kier molecular flexibility index (Phi) is 3.27. The first-order valence-electron chi connectivity index (χ1n) is 12.6. The molecule has 2 nitrogen and oxygen atoms in total. The molecule has 9 rings (SSSR count). The lowest BCUT2D eigenvalue weighted by molar-refractivity contribution is 1.00. The Labute approximate surface area is 204 Å². The van der Waals surface area contributed by atoms with E-state index in [2.05, 4.69) is 88.9 Å². The number of hydrogen-bond donors (Lipinski definition) is 0. The lowest BCUT2D eigenvalue weighted by atomic mass is 9.83. The molecule has 0 N–H and O–H groups in total. The number of nitrogens with zero attached hydrogens (tertiary/aromatic N) is 2. The third-order valence-electron chi connectivity index (χ3n) is 8.60. The summed E-state index contributed by atoms with van der Waals surface area (Å²) in [5.41, 5.74) is 21.4. The van der Waals surface area contributed by atoms with Crippen LogP contribution in [-0.2, 0) is 25.7 Å². The van der Waals surface area contributed by atoms with Gasteiger partial charge >= 0.3 is 0 Å². The van der Waals surface area contributed by atoms with Crippen molar-refractivity contribution in [2.75, 3.05) is 4.90 Å². The van der Waals surface area contributed by atoms with E-state index < -0.39 is 0 Å². The summed E-state index contributed by atoms with van der Waals surface area (Å²) in [7, 11) is 0.